The molecule has 0 aliphatic heterocycles. The zero-order chi connectivity index (χ0) is 18.9. The van der Waals surface area contributed by atoms with Crippen LogP contribution in [-0.2, 0) is 6.42 Å². The van der Waals surface area contributed by atoms with E-state index in [0.717, 1.165) is 28.2 Å². The van der Waals surface area contributed by atoms with Gasteiger partial charge in [0.15, 0.2) is 0 Å². The molecule has 0 radical (unpaired) electrons. The summed E-state index contributed by atoms with van der Waals surface area (Å²) in [5, 5.41) is 0.578. The van der Waals surface area contributed by atoms with Crippen LogP contribution in [0.4, 0.5) is 13.2 Å². The number of aryl methyl sites for hydroxylation is 1. The molecule has 0 saturated heterocycles. The Bertz CT molecular complexity index is 963. The van der Waals surface area contributed by atoms with Gasteiger partial charge < -0.3 is 0 Å². The van der Waals surface area contributed by atoms with Gasteiger partial charge in [0.1, 0.15) is 0 Å². The van der Waals surface area contributed by atoms with Crippen LogP contribution in [0.15, 0.2) is 42.5 Å². The first kappa shape index (κ1) is 18.5. The fourth-order valence-electron chi connectivity index (χ4n) is 2.90. The fraction of sp³-hybridized carbons (Fsp3) is 0.211. The average molecular weight is 426 g/mol. The Morgan fingerprint density at radius 3 is 2.62 bits per heavy atom. The number of carbonyl (C=O) groups excluding carboxylic acids is 1. The zero-order valence-corrected chi connectivity index (χ0v) is 15.6. The molecule has 2 aromatic carbocycles. The first-order chi connectivity index (χ1) is 12.3. The molecule has 136 valence electrons. The molecule has 3 aromatic rings. The van der Waals surface area contributed by atoms with Crippen molar-refractivity contribution < 1.29 is 22.7 Å². The van der Waals surface area contributed by atoms with E-state index < -0.39 is 12.3 Å². The number of carbonyl (C=O) groups is 1. The minimum atomic E-state index is -4.77. The van der Waals surface area contributed by atoms with Crippen LogP contribution in [0.5, 0.6) is 5.75 Å². The first-order valence-corrected chi connectivity index (χ1v) is 9.71. The molecular formula is C19H16F3NO2Se. The Morgan fingerprint density at radius 2 is 1.96 bits per heavy atom. The third-order valence-corrected chi connectivity index (χ3v) is 6.36. The van der Waals surface area contributed by atoms with E-state index >= 15 is 0 Å². The summed E-state index contributed by atoms with van der Waals surface area (Å²) in [5.41, 5.74) is 8.05. The van der Waals surface area contributed by atoms with E-state index in [2.05, 4.69) is 11.7 Å². The quantitative estimate of drug-likeness (QED) is 0.611. The number of rotatable bonds is 5. The first-order valence-electron chi connectivity index (χ1n) is 8.00. The summed E-state index contributed by atoms with van der Waals surface area (Å²) in [7, 11) is 0. The number of hydrogen-bond acceptors (Lipinski definition) is 2. The number of alkyl halides is 3. The van der Waals surface area contributed by atoms with Crippen molar-refractivity contribution >= 4 is 30.1 Å². The van der Waals surface area contributed by atoms with Crippen molar-refractivity contribution in [2.75, 3.05) is 0 Å². The van der Waals surface area contributed by atoms with Gasteiger partial charge in [-0.2, -0.15) is 0 Å². The van der Waals surface area contributed by atoms with Gasteiger partial charge in [-0.15, -0.1) is 0 Å². The zero-order valence-electron chi connectivity index (χ0n) is 13.9. The molecular weight excluding hydrogens is 410 g/mol. The summed E-state index contributed by atoms with van der Waals surface area (Å²) in [6.45, 7) is 2.06. The molecule has 3 rings (SSSR count). The molecule has 0 fully saturated rings. The van der Waals surface area contributed by atoms with Crippen molar-refractivity contribution in [1.82, 2.24) is 0 Å². The number of amides is 1. The van der Waals surface area contributed by atoms with Crippen molar-refractivity contribution in [2.24, 2.45) is 5.73 Å². The number of hydrogen-bond donors (Lipinski definition) is 1. The van der Waals surface area contributed by atoms with Crippen LogP contribution in [0.3, 0.4) is 0 Å². The van der Waals surface area contributed by atoms with Crippen molar-refractivity contribution in [3.63, 3.8) is 0 Å². The Labute approximate surface area is 154 Å². The Morgan fingerprint density at radius 1 is 1.19 bits per heavy atom. The van der Waals surface area contributed by atoms with Gasteiger partial charge in [0.25, 0.3) is 0 Å². The monoisotopic (exact) mass is 427 g/mol. The summed E-state index contributed by atoms with van der Waals surface area (Å²) in [5.74, 6) is -0.852. The van der Waals surface area contributed by atoms with Crippen LogP contribution >= 0.6 is 0 Å². The Balaban J connectivity index is 2.20. The molecule has 26 heavy (non-hydrogen) atoms. The van der Waals surface area contributed by atoms with Crippen LogP contribution in [0.1, 0.15) is 28.1 Å². The summed E-state index contributed by atoms with van der Waals surface area (Å²) in [6, 6.07) is 11.9. The standard InChI is InChI=1S/C19H16F3NO2Se/c1-2-4-11-5-3-6-12(9-11)16-14-10-13(25-19(20,21)22)7-8-15(14)26-17(16)18(23)24/h3,5-10H,2,4H2,1H3,(H2,23,24). The van der Waals surface area contributed by atoms with Gasteiger partial charge in [-0.05, 0) is 0 Å². The van der Waals surface area contributed by atoms with Gasteiger partial charge in [0.2, 0.25) is 0 Å². The van der Waals surface area contributed by atoms with Crippen LogP contribution in [-0.4, -0.2) is 26.8 Å². The molecule has 0 aliphatic carbocycles. The summed E-state index contributed by atoms with van der Waals surface area (Å²) in [6.07, 6.45) is -2.92. The van der Waals surface area contributed by atoms with Gasteiger partial charge in [-0.25, -0.2) is 0 Å². The van der Waals surface area contributed by atoms with E-state index in [9.17, 15) is 18.0 Å². The number of fused-ring (bicyclic) bond motifs is 1. The van der Waals surface area contributed by atoms with Gasteiger partial charge in [0.05, 0.1) is 0 Å². The molecule has 3 nitrogen and oxygen atoms in total. The maximum absolute atomic E-state index is 12.6. The second-order valence-electron chi connectivity index (χ2n) is 5.83. The van der Waals surface area contributed by atoms with E-state index in [1.54, 1.807) is 6.07 Å². The van der Waals surface area contributed by atoms with Crippen molar-refractivity contribution in [3.8, 4) is 16.9 Å². The molecule has 2 N–H and O–H groups in total. The molecule has 0 atom stereocenters. The van der Waals surface area contributed by atoms with Crippen LogP contribution in [0.25, 0.3) is 20.8 Å². The van der Waals surface area contributed by atoms with Crippen molar-refractivity contribution in [3.05, 3.63) is 52.5 Å². The molecule has 0 bridgehead atoms. The normalized spacial score (nSPS) is 11.7. The summed E-state index contributed by atoms with van der Waals surface area (Å²) >= 11 is -0.353. The molecule has 0 saturated carbocycles. The van der Waals surface area contributed by atoms with Gasteiger partial charge in [0, 0.05) is 0 Å². The second kappa shape index (κ2) is 7.17. The van der Waals surface area contributed by atoms with Crippen molar-refractivity contribution in [2.45, 2.75) is 26.1 Å². The Hall–Kier alpha value is -2.24. The third kappa shape index (κ3) is 3.94. The fourth-order valence-corrected chi connectivity index (χ4v) is 5.12. The molecule has 0 unspecified atom stereocenters. The van der Waals surface area contributed by atoms with Gasteiger partial charge >= 0.3 is 154 Å². The predicted molar refractivity (Wildman–Crippen MR) is 95.5 cm³/mol. The average Bonchev–Trinajstić information content (AvgIpc) is 2.93. The predicted octanol–water partition coefficient (Wildman–Crippen LogP) is 4.51. The van der Waals surface area contributed by atoms with E-state index in [1.165, 1.54) is 12.1 Å². The number of primary amides is 1. The number of ether oxygens (including phenoxy) is 1. The van der Waals surface area contributed by atoms with E-state index in [-0.39, 0.29) is 20.3 Å². The number of halogens is 3. The van der Waals surface area contributed by atoms with E-state index in [1.807, 2.05) is 24.3 Å². The maximum atomic E-state index is 12.6. The molecule has 1 heterocycles. The van der Waals surface area contributed by atoms with E-state index in [0.29, 0.717) is 15.4 Å². The summed E-state index contributed by atoms with van der Waals surface area (Å²) < 4.78 is 43.0. The second-order valence-corrected chi connectivity index (χ2v) is 8.03. The molecule has 0 spiro atoms. The van der Waals surface area contributed by atoms with Crippen LogP contribution in [0, 0.1) is 0 Å². The van der Waals surface area contributed by atoms with Gasteiger partial charge in [-0.1, -0.05) is 0 Å². The van der Waals surface area contributed by atoms with E-state index in [4.69, 9.17) is 5.73 Å². The SMILES string of the molecule is CCCc1cccc(-c2c(C(N)=O)[se]c3ccc(OC(F)(F)F)cc23)c1. The molecule has 0 aliphatic rings. The van der Waals surface area contributed by atoms with Crippen LogP contribution < -0.4 is 10.5 Å². The number of nitrogens with two attached hydrogens (primary N) is 1. The minimum absolute atomic E-state index is 0.306. The van der Waals surface area contributed by atoms with Gasteiger partial charge in [-0.3, -0.25) is 0 Å². The third-order valence-electron chi connectivity index (χ3n) is 3.87. The summed E-state index contributed by atoms with van der Waals surface area (Å²) in [4.78, 5) is 11.9. The van der Waals surface area contributed by atoms with Crippen LogP contribution in [0.2, 0.25) is 0 Å². The molecule has 1 aromatic heterocycles. The molecule has 7 heteroatoms. The molecule has 1 amide bonds. The number of benzene rings is 2. The Kier molecular flexibility index (Phi) is 5.12. The topological polar surface area (TPSA) is 52.3 Å². The van der Waals surface area contributed by atoms with Crippen molar-refractivity contribution in [1.29, 1.82) is 0 Å².